The van der Waals surface area contributed by atoms with Crippen molar-refractivity contribution in [1.82, 2.24) is 29.9 Å². The Labute approximate surface area is 311 Å². The molecular formula is C42H20N6O8. The number of rotatable bonds is 0. The molecule has 3 aromatic heterocycles. The fraction of sp³-hybridized carbons (Fsp3) is 0.190. The zero-order valence-electron chi connectivity index (χ0n) is 28.4. The molecule has 17 rings (SSSR count). The highest BCUT2D eigenvalue weighted by Gasteiger charge is 2.52. The van der Waals surface area contributed by atoms with Gasteiger partial charge in [0.1, 0.15) is 5.65 Å². The number of ketones is 8. The van der Waals surface area contributed by atoms with Crippen LogP contribution in [0, 0.1) is 23.7 Å². The van der Waals surface area contributed by atoms with E-state index in [1.165, 1.54) is 0 Å². The number of H-pyrrole nitrogens is 2. The van der Waals surface area contributed by atoms with Gasteiger partial charge in [-0.3, -0.25) is 38.4 Å². The zero-order valence-corrected chi connectivity index (χ0v) is 28.4. The minimum atomic E-state index is -0.997. The van der Waals surface area contributed by atoms with E-state index in [2.05, 4.69) is 9.97 Å². The maximum Gasteiger partial charge on any atom is 0.210 e. The van der Waals surface area contributed by atoms with Gasteiger partial charge in [-0.25, -0.2) is 19.9 Å². The van der Waals surface area contributed by atoms with Crippen molar-refractivity contribution in [3.05, 3.63) is 106 Å². The number of aromatic amines is 2. The first-order valence-electron chi connectivity index (χ1n) is 18.2. The summed E-state index contributed by atoms with van der Waals surface area (Å²) in [6.45, 7) is 0. The van der Waals surface area contributed by atoms with E-state index in [-0.39, 0.29) is 23.1 Å². The number of nitrogens with one attached hydrogen (secondary N) is 2. The van der Waals surface area contributed by atoms with Crippen molar-refractivity contribution in [3.63, 3.8) is 0 Å². The molecule has 2 aliphatic heterocycles. The Hall–Kier alpha value is -7.22. The highest BCUT2D eigenvalue weighted by atomic mass is 16.2. The van der Waals surface area contributed by atoms with Crippen LogP contribution >= 0.6 is 0 Å². The molecule has 56 heavy (non-hydrogen) atoms. The molecule has 8 unspecified atom stereocenters. The summed E-state index contributed by atoms with van der Waals surface area (Å²) < 4.78 is 0. The molecule has 12 aliphatic carbocycles. The predicted molar refractivity (Wildman–Crippen MR) is 192 cm³/mol. The van der Waals surface area contributed by atoms with E-state index in [0.717, 1.165) is 0 Å². The molecule has 16 bridgehead atoms. The summed E-state index contributed by atoms with van der Waals surface area (Å²) in [5, 5.41) is 0. The van der Waals surface area contributed by atoms with Gasteiger partial charge >= 0.3 is 0 Å². The molecule has 14 heteroatoms. The van der Waals surface area contributed by atoms with E-state index >= 15 is 0 Å². The summed E-state index contributed by atoms with van der Waals surface area (Å²) >= 11 is 0. The lowest BCUT2D eigenvalue weighted by molar-refractivity contribution is -0.138. The lowest BCUT2D eigenvalue weighted by atomic mass is 9.69. The summed E-state index contributed by atoms with van der Waals surface area (Å²) in [6, 6.07) is 3.44. The first-order valence-corrected chi connectivity index (χ1v) is 18.2. The van der Waals surface area contributed by atoms with Gasteiger partial charge in [-0.15, -0.1) is 0 Å². The number of carbonyl (C=O) groups excluding carboxylic acids is 8. The molecule has 5 heterocycles. The molecule has 14 aliphatic rings. The number of carbonyl (C=O) groups is 8. The molecule has 0 amide bonds. The summed E-state index contributed by atoms with van der Waals surface area (Å²) in [5.74, 6) is -12.0. The highest BCUT2D eigenvalue weighted by Crippen LogP contribution is 2.53. The SMILES string of the molecule is O=C1C(=O)C2C=CC1C1=C2c2nc1cc1[nH]c(cc3[nH]c(nc4nc(n2)C2=C4C4C=CC2C(=O)C4=O)c2c3C3C=CC2C(=O)C3=O)c2c1C1C=CC2C(=O)C1=O. The third-order valence-electron chi connectivity index (χ3n) is 12.9. The van der Waals surface area contributed by atoms with Crippen LogP contribution < -0.4 is 0 Å². The first kappa shape index (κ1) is 30.1. The zero-order chi connectivity index (χ0) is 37.8. The number of hydrogen-bond acceptors (Lipinski definition) is 12. The van der Waals surface area contributed by atoms with Crippen molar-refractivity contribution in [3.8, 4) is 0 Å². The van der Waals surface area contributed by atoms with Crippen molar-refractivity contribution in [2.75, 3.05) is 0 Å². The van der Waals surface area contributed by atoms with Crippen LogP contribution in [0.5, 0.6) is 0 Å². The van der Waals surface area contributed by atoms with Gasteiger partial charge in [-0.05, 0) is 28.8 Å². The summed E-state index contributed by atoms with van der Waals surface area (Å²) in [5.41, 5.74) is 5.65. The van der Waals surface area contributed by atoms with Gasteiger partial charge in [0.25, 0.3) is 0 Å². The minimum absolute atomic E-state index is 0.0630. The standard InChI is InChI=1S/C42H20N6O8/c49-31-11-1-2-12(32(31)50)24-20-10-22-26-14-4-6-16(36(54)34(14)52)28(26)40(45-22)47-42-30-18-8-7-17(37(55)38(18)56)29(30)41(48-42)46-39-27-15-5-3-13(33(51)35(15)53)25(27)21(44-39)9-19(43-20)23(11)24/h1-18,43H,(H,44,45,46,47,48). The van der Waals surface area contributed by atoms with E-state index in [9.17, 15) is 38.4 Å². The van der Waals surface area contributed by atoms with Gasteiger partial charge in [0, 0.05) is 44.4 Å². The Bertz CT molecular complexity index is 2940. The van der Waals surface area contributed by atoms with Crippen molar-refractivity contribution in [2.24, 2.45) is 23.7 Å². The maximum atomic E-state index is 13.4. The van der Waals surface area contributed by atoms with Crippen molar-refractivity contribution < 1.29 is 38.4 Å². The second kappa shape index (κ2) is 9.52. The lowest BCUT2D eigenvalue weighted by Gasteiger charge is -2.30. The molecule has 266 valence electrons. The number of fused-ring (bicyclic) bond motifs is 12. The van der Waals surface area contributed by atoms with Crippen LogP contribution in [-0.4, -0.2) is 76.2 Å². The van der Waals surface area contributed by atoms with Gasteiger partial charge in [-0.1, -0.05) is 48.6 Å². The smallest absolute Gasteiger partial charge is 0.210 e. The normalized spacial score (nSPS) is 30.7. The Balaban J connectivity index is 1.21. The van der Waals surface area contributed by atoms with Crippen LogP contribution in [0.1, 0.15) is 69.1 Å². The lowest BCUT2D eigenvalue weighted by Crippen LogP contribution is -2.38. The molecule has 3 aromatic rings. The molecule has 0 fully saturated rings. The van der Waals surface area contributed by atoms with E-state index < -0.39 is 93.6 Å². The summed E-state index contributed by atoms with van der Waals surface area (Å²) in [6.07, 6.45) is 13.4. The Morgan fingerprint density at radius 1 is 0.339 bits per heavy atom. The third-order valence-corrected chi connectivity index (χ3v) is 12.9. The first-order chi connectivity index (χ1) is 27.1. The van der Waals surface area contributed by atoms with Crippen LogP contribution in [0.2, 0.25) is 0 Å². The molecular weight excluding hydrogens is 716 g/mol. The molecule has 14 nitrogen and oxygen atoms in total. The van der Waals surface area contributed by atoms with Gasteiger partial charge < -0.3 is 9.97 Å². The van der Waals surface area contributed by atoms with Crippen LogP contribution in [0.4, 0.5) is 0 Å². The van der Waals surface area contributed by atoms with Gasteiger partial charge in [0.05, 0.1) is 53.0 Å². The summed E-state index contributed by atoms with van der Waals surface area (Å²) in [7, 11) is 0. The van der Waals surface area contributed by atoms with E-state index in [0.29, 0.717) is 66.8 Å². The molecule has 0 aromatic carbocycles. The van der Waals surface area contributed by atoms with Gasteiger partial charge in [0.2, 0.25) is 46.3 Å². The van der Waals surface area contributed by atoms with Crippen LogP contribution in [0.3, 0.4) is 0 Å². The topological polar surface area (TPSA) is 220 Å². The quantitative estimate of drug-likeness (QED) is 0.251. The second-order valence-corrected chi connectivity index (χ2v) is 15.5. The second-order valence-electron chi connectivity index (χ2n) is 15.5. The summed E-state index contributed by atoms with van der Waals surface area (Å²) in [4.78, 5) is 133. The number of allylic oxidation sites excluding steroid dienone is 12. The van der Waals surface area contributed by atoms with Crippen molar-refractivity contribution in [2.45, 2.75) is 23.7 Å². The Kier molecular flexibility index (Phi) is 5.13. The van der Waals surface area contributed by atoms with Gasteiger partial charge in [0.15, 0.2) is 17.5 Å². The molecule has 0 saturated carbocycles. The predicted octanol–water partition coefficient (Wildman–Crippen LogP) is 2.61. The van der Waals surface area contributed by atoms with E-state index in [1.54, 1.807) is 60.7 Å². The fourth-order valence-electron chi connectivity index (χ4n) is 10.5. The number of aromatic nitrogens is 6. The Morgan fingerprint density at radius 3 is 1.20 bits per heavy atom. The van der Waals surface area contributed by atoms with Crippen molar-refractivity contribution >= 4 is 90.8 Å². The van der Waals surface area contributed by atoms with Crippen molar-refractivity contribution in [1.29, 1.82) is 0 Å². The monoisotopic (exact) mass is 736 g/mol. The Morgan fingerprint density at radius 2 is 0.679 bits per heavy atom. The minimum Gasteiger partial charge on any atom is -0.355 e. The molecule has 8 atom stereocenters. The average molecular weight is 737 g/mol. The molecule has 0 radical (unpaired) electrons. The maximum absolute atomic E-state index is 13.4. The van der Waals surface area contributed by atoms with E-state index in [4.69, 9.17) is 19.9 Å². The van der Waals surface area contributed by atoms with Gasteiger partial charge in [-0.2, -0.15) is 0 Å². The van der Waals surface area contributed by atoms with Crippen LogP contribution in [0.15, 0.2) is 60.7 Å². The molecule has 0 spiro atoms. The molecule has 0 saturated heterocycles. The average Bonchev–Trinajstić information content (AvgIpc) is 3.96. The fourth-order valence-corrected chi connectivity index (χ4v) is 10.5. The largest absolute Gasteiger partial charge is 0.355 e. The number of hydrogen-bond donors (Lipinski definition) is 2. The van der Waals surface area contributed by atoms with Crippen LogP contribution in [0.25, 0.3) is 44.5 Å². The van der Waals surface area contributed by atoms with Crippen LogP contribution in [-0.2, 0) is 38.4 Å². The molecule has 2 N–H and O–H groups in total. The third kappa shape index (κ3) is 3.28. The van der Waals surface area contributed by atoms with E-state index in [1.807, 2.05) is 0 Å². The highest BCUT2D eigenvalue weighted by molar-refractivity contribution is 6.49. The number of nitrogens with zero attached hydrogens (tertiary/aromatic N) is 4. The number of Topliss-reactive ketones (excluding diaryl/α,β-unsaturated/α-hetero) is 8.